The Bertz CT molecular complexity index is 186. The molecule has 0 saturated carbocycles. The number of hydrogen-bond donors (Lipinski definition) is 1. The average Bonchev–Trinajstić information content (AvgIpc) is 2.66. The van der Waals surface area contributed by atoms with Crippen molar-refractivity contribution in [2.45, 2.75) is 12.2 Å². The fraction of sp³-hybridized carbons (Fsp3) is 0.857. The topological polar surface area (TPSA) is 62.3 Å². The van der Waals surface area contributed by atoms with Crippen LogP contribution in [0.2, 0.25) is 0 Å². The fourth-order valence-corrected chi connectivity index (χ4v) is 1.11. The highest BCUT2D eigenvalue weighted by molar-refractivity contribution is 5.66. The summed E-state index contributed by atoms with van der Waals surface area (Å²) in [6.07, 6.45) is -0.508. The van der Waals surface area contributed by atoms with Gasteiger partial charge in [0.1, 0.15) is 6.10 Å². The first kappa shape index (κ1) is 7.82. The summed E-state index contributed by atoms with van der Waals surface area (Å²) >= 11 is 0. The summed E-state index contributed by atoms with van der Waals surface area (Å²) in [4.78, 5) is 11.7. The van der Waals surface area contributed by atoms with E-state index in [9.17, 15) is 4.79 Å². The van der Waals surface area contributed by atoms with E-state index >= 15 is 0 Å². The zero-order valence-corrected chi connectivity index (χ0v) is 6.60. The minimum Gasteiger partial charge on any atom is -0.465 e. The molecule has 1 N–H and O–H groups in total. The molecule has 5 heteroatoms. The number of nitrogens with zero attached hydrogens (tertiary/aromatic N) is 1. The molecule has 68 valence electrons. The Morgan fingerprint density at radius 2 is 2.33 bits per heavy atom. The Hall–Kier alpha value is -0.810. The van der Waals surface area contributed by atoms with Crippen LogP contribution in [0.4, 0.5) is 4.79 Å². The molecule has 12 heavy (non-hydrogen) atoms. The van der Waals surface area contributed by atoms with Gasteiger partial charge in [0.15, 0.2) is 0 Å². The van der Waals surface area contributed by atoms with Gasteiger partial charge < -0.3 is 19.5 Å². The number of carboxylic acid groups (broad SMARTS) is 1. The molecule has 0 aliphatic carbocycles. The van der Waals surface area contributed by atoms with Crippen LogP contribution in [0.25, 0.3) is 0 Å². The van der Waals surface area contributed by atoms with Crippen molar-refractivity contribution in [1.82, 2.24) is 4.90 Å². The summed E-state index contributed by atoms with van der Waals surface area (Å²) in [5.74, 6) is 0. The van der Waals surface area contributed by atoms with Crippen molar-refractivity contribution in [3.63, 3.8) is 0 Å². The van der Waals surface area contributed by atoms with E-state index in [1.54, 1.807) is 0 Å². The second kappa shape index (κ2) is 2.91. The van der Waals surface area contributed by atoms with Gasteiger partial charge in [-0.25, -0.2) is 4.79 Å². The van der Waals surface area contributed by atoms with Crippen molar-refractivity contribution in [3.05, 3.63) is 0 Å². The molecule has 1 amide bonds. The normalized spacial score (nSPS) is 28.3. The lowest BCUT2D eigenvalue weighted by molar-refractivity contribution is -0.0482. The predicted octanol–water partition coefficient (Wildman–Crippen LogP) is -0.236. The van der Waals surface area contributed by atoms with E-state index in [1.807, 2.05) is 0 Å². The molecular formula is C7H11NO4. The van der Waals surface area contributed by atoms with Gasteiger partial charge in [-0.2, -0.15) is 0 Å². The van der Waals surface area contributed by atoms with Crippen molar-refractivity contribution in [1.29, 1.82) is 0 Å². The first-order chi connectivity index (χ1) is 5.75. The van der Waals surface area contributed by atoms with Crippen molar-refractivity contribution >= 4 is 6.09 Å². The number of amides is 1. The van der Waals surface area contributed by atoms with Crippen LogP contribution in [0.5, 0.6) is 0 Å². The minimum atomic E-state index is -0.863. The van der Waals surface area contributed by atoms with E-state index in [2.05, 4.69) is 0 Å². The standard InChI is InChI=1S/C7H11NO4/c9-7(10)8-1-5(2-8)11-3-6-4-12-6/h5-6H,1-4H2,(H,9,10). The summed E-state index contributed by atoms with van der Waals surface area (Å²) in [6.45, 7) is 2.40. The van der Waals surface area contributed by atoms with Crippen LogP contribution in [0.15, 0.2) is 0 Å². The lowest BCUT2D eigenvalue weighted by Crippen LogP contribution is -2.54. The Morgan fingerprint density at radius 3 is 2.83 bits per heavy atom. The van der Waals surface area contributed by atoms with E-state index in [0.717, 1.165) is 6.61 Å². The maximum Gasteiger partial charge on any atom is 0.407 e. The summed E-state index contributed by atoms with van der Waals surface area (Å²) in [6, 6.07) is 0. The number of carbonyl (C=O) groups is 1. The van der Waals surface area contributed by atoms with Crippen LogP contribution < -0.4 is 0 Å². The van der Waals surface area contributed by atoms with Crippen molar-refractivity contribution in [2.24, 2.45) is 0 Å². The number of likely N-dealkylation sites (tertiary alicyclic amines) is 1. The lowest BCUT2D eigenvalue weighted by atomic mass is 10.2. The van der Waals surface area contributed by atoms with Crippen LogP contribution in [0.1, 0.15) is 0 Å². The molecular weight excluding hydrogens is 162 g/mol. The zero-order valence-electron chi connectivity index (χ0n) is 6.60. The summed E-state index contributed by atoms with van der Waals surface area (Å²) in [5.41, 5.74) is 0. The van der Waals surface area contributed by atoms with Crippen LogP contribution in [-0.4, -0.2) is 54.6 Å². The second-order valence-corrected chi connectivity index (χ2v) is 3.10. The SMILES string of the molecule is O=C(O)N1CC(OCC2CO2)C1. The van der Waals surface area contributed by atoms with Gasteiger partial charge in [0.2, 0.25) is 0 Å². The third-order valence-electron chi connectivity index (χ3n) is 2.04. The molecule has 1 atom stereocenters. The molecule has 2 rings (SSSR count). The number of ether oxygens (including phenoxy) is 2. The van der Waals surface area contributed by atoms with Gasteiger partial charge in [0, 0.05) is 0 Å². The predicted molar refractivity (Wildman–Crippen MR) is 39.1 cm³/mol. The summed E-state index contributed by atoms with van der Waals surface area (Å²) < 4.78 is 10.3. The molecule has 2 heterocycles. The first-order valence-electron chi connectivity index (χ1n) is 3.97. The number of epoxide rings is 1. The first-order valence-corrected chi connectivity index (χ1v) is 3.97. The van der Waals surface area contributed by atoms with Crippen molar-refractivity contribution < 1.29 is 19.4 Å². The van der Waals surface area contributed by atoms with Gasteiger partial charge in [-0.05, 0) is 0 Å². The minimum absolute atomic E-state index is 0.0882. The highest BCUT2D eigenvalue weighted by atomic mass is 16.6. The van der Waals surface area contributed by atoms with Crippen LogP contribution in [0.3, 0.4) is 0 Å². The monoisotopic (exact) mass is 173 g/mol. The van der Waals surface area contributed by atoms with E-state index in [0.29, 0.717) is 19.7 Å². The highest BCUT2D eigenvalue weighted by Gasteiger charge is 2.33. The maximum atomic E-state index is 10.3. The van der Waals surface area contributed by atoms with Crippen LogP contribution >= 0.6 is 0 Å². The van der Waals surface area contributed by atoms with Gasteiger partial charge in [-0.1, -0.05) is 0 Å². The summed E-state index contributed by atoms with van der Waals surface area (Å²) in [7, 11) is 0. The molecule has 2 fully saturated rings. The zero-order chi connectivity index (χ0) is 8.55. The molecule has 0 aromatic carbocycles. The van der Waals surface area contributed by atoms with Gasteiger partial charge in [-0.3, -0.25) is 0 Å². The second-order valence-electron chi connectivity index (χ2n) is 3.10. The van der Waals surface area contributed by atoms with Gasteiger partial charge in [-0.15, -0.1) is 0 Å². The molecule has 2 aliphatic rings. The Balaban J connectivity index is 1.58. The third-order valence-corrected chi connectivity index (χ3v) is 2.04. The lowest BCUT2D eigenvalue weighted by Gasteiger charge is -2.36. The molecule has 5 nitrogen and oxygen atoms in total. The van der Waals surface area contributed by atoms with E-state index in [-0.39, 0.29) is 12.2 Å². The van der Waals surface area contributed by atoms with E-state index in [1.165, 1.54) is 4.90 Å². The quantitative estimate of drug-likeness (QED) is 0.598. The van der Waals surface area contributed by atoms with Crippen LogP contribution in [0, 0.1) is 0 Å². The molecule has 0 aromatic rings. The van der Waals surface area contributed by atoms with Crippen LogP contribution in [-0.2, 0) is 9.47 Å². The summed E-state index contributed by atoms with van der Waals surface area (Å²) in [5, 5.41) is 8.49. The Morgan fingerprint density at radius 1 is 1.67 bits per heavy atom. The smallest absolute Gasteiger partial charge is 0.407 e. The number of rotatable bonds is 3. The molecule has 0 bridgehead atoms. The Labute approximate surface area is 69.9 Å². The van der Waals surface area contributed by atoms with Crippen molar-refractivity contribution in [2.75, 3.05) is 26.3 Å². The van der Waals surface area contributed by atoms with Gasteiger partial charge in [0.25, 0.3) is 0 Å². The van der Waals surface area contributed by atoms with E-state index in [4.69, 9.17) is 14.6 Å². The molecule has 0 spiro atoms. The molecule has 0 radical (unpaired) electrons. The van der Waals surface area contributed by atoms with E-state index < -0.39 is 6.09 Å². The molecule has 0 aromatic heterocycles. The highest BCUT2D eigenvalue weighted by Crippen LogP contribution is 2.15. The van der Waals surface area contributed by atoms with Crippen molar-refractivity contribution in [3.8, 4) is 0 Å². The van der Waals surface area contributed by atoms with Gasteiger partial charge >= 0.3 is 6.09 Å². The number of hydrogen-bond acceptors (Lipinski definition) is 3. The molecule has 2 saturated heterocycles. The average molecular weight is 173 g/mol. The Kier molecular flexibility index (Phi) is 1.90. The van der Waals surface area contributed by atoms with Gasteiger partial charge in [0.05, 0.1) is 32.4 Å². The molecule has 1 unspecified atom stereocenters. The largest absolute Gasteiger partial charge is 0.465 e. The molecule has 2 aliphatic heterocycles. The third kappa shape index (κ3) is 1.67. The maximum absolute atomic E-state index is 10.3. The fourth-order valence-electron chi connectivity index (χ4n) is 1.11.